The van der Waals surface area contributed by atoms with Gasteiger partial charge in [0.05, 0.1) is 0 Å². The quantitative estimate of drug-likeness (QED) is 0.809. The maximum absolute atomic E-state index is 12.7. The maximum atomic E-state index is 12.7. The van der Waals surface area contributed by atoms with Crippen LogP contribution in [0.15, 0.2) is 0 Å². The smallest absolute Gasteiger partial charge is 0.326 e. The summed E-state index contributed by atoms with van der Waals surface area (Å²) in [5.41, 5.74) is 0.191. The Morgan fingerprint density at radius 2 is 1.81 bits per heavy atom. The second-order valence-corrected chi connectivity index (χ2v) is 7.68. The third-order valence-corrected chi connectivity index (χ3v) is 5.12. The number of hydrogen-bond acceptors (Lipinski definition) is 2. The fourth-order valence-electron chi connectivity index (χ4n) is 3.60. The molecule has 2 saturated heterocycles. The number of hydrogen-bond donors (Lipinski definition) is 1. The summed E-state index contributed by atoms with van der Waals surface area (Å²) in [4.78, 5) is 27.7. The van der Waals surface area contributed by atoms with E-state index in [1.54, 1.807) is 4.90 Å². The molecule has 5 nitrogen and oxygen atoms in total. The van der Waals surface area contributed by atoms with Crippen molar-refractivity contribution in [2.45, 2.75) is 53.0 Å². The van der Waals surface area contributed by atoms with Crippen molar-refractivity contribution in [1.29, 1.82) is 0 Å². The first-order valence-corrected chi connectivity index (χ1v) is 8.00. The molecule has 0 bridgehead atoms. The summed E-state index contributed by atoms with van der Waals surface area (Å²) < 4.78 is 0. The molecule has 0 radical (unpaired) electrons. The van der Waals surface area contributed by atoms with Crippen molar-refractivity contribution in [3.05, 3.63) is 0 Å². The van der Waals surface area contributed by atoms with Gasteiger partial charge in [-0.15, -0.1) is 0 Å². The van der Waals surface area contributed by atoms with Gasteiger partial charge in [0, 0.05) is 19.6 Å². The standard InChI is InChI=1S/C16H28N2O3/c1-11-6-5-8-18(13(11)14(19)20)15(21)17-9-7-12(10-17)16(2,3)4/h11-13H,5-10H2,1-4H3,(H,19,20). The molecule has 5 heteroatoms. The summed E-state index contributed by atoms with van der Waals surface area (Å²) in [6.07, 6.45) is 2.79. The van der Waals surface area contributed by atoms with E-state index >= 15 is 0 Å². The van der Waals surface area contributed by atoms with Crippen molar-refractivity contribution < 1.29 is 14.7 Å². The van der Waals surface area contributed by atoms with E-state index in [4.69, 9.17) is 0 Å². The highest BCUT2D eigenvalue weighted by molar-refractivity contribution is 5.83. The number of carboxylic acids is 1. The minimum absolute atomic E-state index is 0.0289. The summed E-state index contributed by atoms with van der Waals surface area (Å²) in [6.45, 7) is 10.6. The van der Waals surface area contributed by atoms with Crippen LogP contribution in [0, 0.1) is 17.3 Å². The molecule has 0 aliphatic carbocycles. The van der Waals surface area contributed by atoms with E-state index in [2.05, 4.69) is 20.8 Å². The number of carboxylic acid groups (broad SMARTS) is 1. The Labute approximate surface area is 127 Å². The number of piperidine rings is 1. The molecule has 2 rings (SSSR count). The number of amides is 2. The van der Waals surface area contributed by atoms with E-state index in [1.165, 1.54) is 0 Å². The molecule has 0 saturated carbocycles. The zero-order chi connectivity index (χ0) is 15.8. The maximum Gasteiger partial charge on any atom is 0.326 e. The molecule has 0 aromatic rings. The van der Waals surface area contributed by atoms with Crippen LogP contribution in [0.3, 0.4) is 0 Å². The van der Waals surface area contributed by atoms with Gasteiger partial charge in [-0.05, 0) is 36.5 Å². The Kier molecular flexibility index (Phi) is 4.49. The number of aliphatic carboxylic acids is 1. The topological polar surface area (TPSA) is 60.9 Å². The van der Waals surface area contributed by atoms with Crippen LogP contribution in [-0.4, -0.2) is 52.6 Å². The van der Waals surface area contributed by atoms with Gasteiger partial charge in [-0.2, -0.15) is 0 Å². The van der Waals surface area contributed by atoms with Crippen LogP contribution in [0.2, 0.25) is 0 Å². The van der Waals surface area contributed by atoms with Gasteiger partial charge >= 0.3 is 12.0 Å². The van der Waals surface area contributed by atoms with Gasteiger partial charge < -0.3 is 14.9 Å². The van der Waals surface area contributed by atoms with E-state index in [-0.39, 0.29) is 17.4 Å². The van der Waals surface area contributed by atoms with Crippen molar-refractivity contribution in [3.8, 4) is 0 Å². The summed E-state index contributed by atoms with van der Waals surface area (Å²) >= 11 is 0. The van der Waals surface area contributed by atoms with Gasteiger partial charge in [-0.3, -0.25) is 0 Å². The average molecular weight is 296 g/mol. The molecule has 0 aromatic carbocycles. The molecule has 3 atom stereocenters. The van der Waals surface area contributed by atoms with Gasteiger partial charge in [0.25, 0.3) is 0 Å². The lowest BCUT2D eigenvalue weighted by molar-refractivity contribution is -0.145. The monoisotopic (exact) mass is 296 g/mol. The molecule has 2 heterocycles. The molecule has 120 valence electrons. The van der Waals surface area contributed by atoms with Crippen molar-refractivity contribution in [3.63, 3.8) is 0 Å². The fraction of sp³-hybridized carbons (Fsp3) is 0.875. The Hall–Kier alpha value is -1.26. The number of likely N-dealkylation sites (tertiary alicyclic amines) is 2. The van der Waals surface area contributed by atoms with Crippen LogP contribution in [0.5, 0.6) is 0 Å². The van der Waals surface area contributed by atoms with Gasteiger partial charge in [0.1, 0.15) is 6.04 Å². The normalized spacial score (nSPS) is 30.6. The zero-order valence-corrected chi connectivity index (χ0v) is 13.6. The second-order valence-electron chi connectivity index (χ2n) is 7.68. The molecule has 2 fully saturated rings. The Bertz CT molecular complexity index is 416. The lowest BCUT2D eigenvalue weighted by Crippen LogP contribution is -2.55. The van der Waals surface area contributed by atoms with Crippen molar-refractivity contribution in [2.24, 2.45) is 17.3 Å². The van der Waals surface area contributed by atoms with Crippen molar-refractivity contribution in [2.75, 3.05) is 19.6 Å². The largest absolute Gasteiger partial charge is 0.480 e. The number of carbonyl (C=O) groups excluding carboxylic acids is 1. The van der Waals surface area contributed by atoms with Crippen LogP contribution >= 0.6 is 0 Å². The summed E-state index contributed by atoms with van der Waals surface area (Å²) in [6, 6.07) is -0.749. The highest BCUT2D eigenvalue weighted by atomic mass is 16.4. The molecule has 3 unspecified atom stereocenters. The minimum Gasteiger partial charge on any atom is -0.480 e. The SMILES string of the molecule is CC1CCCN(C(=O)N2CCC(C(C)(C)C)C2)C1C(=O)O. The molecule has 0 spiro atoms. The van der Waals surface area contributed by atoms with E-state index in [0.717, 1.165) is 32.4 Å². The van der Waals surface area contributed by atoms with Crippen molar-refractivity contribution in [1.82, 2.24) is 9.80 Å². The Morgan fingerprint density at radius 3 is 2.33 bits per heavy atom. The van der Waals surface area contributed by atoms with E-state index in [9.17, 15) is 14.7 Å². The van der Waals surface area contributed by atoms with Crippen LogP contribution in [-0.2, 0) is 4.79 Å². The molecule has 1 N–H and O–H groups in total. The lowest BCUT2D eigenvalue weighted by atomic mass is 9.80. The molecular weight excluding hydrogens is 268 g/mol. The van der Waals surface area contributed by atoms with Gasteiger partial charge in [-0.25, -0.2) is 9.59 Å². The predicted molar refractivity (Wildman–Crippen MR) is 81.1 cm³/mol. The third kappa shape index (κ3) is 3.33. The Morgan fingerprint density at radius 1 is 1.14 bits per heavy atom. The molecule has 0 aromatic heterocycles. The van der Waals surface area contributed by atoms with Gasteiger partial charge in [0.15, 0.2) is 0 Å². The molecule has 2 aliphatic rings. The number of urea groups is 1. The highest BCUT2D eigenvalue weighted by Gasteiger charge is 2.41. The number of carbonyl (C=O) groups is 2. The summed E-state index contributed by atoms with van der Waals surface area (Å²) in [5, 5.41) is 9.44. The summed E-state index contributed by atoms with van der Waals surface area (Å²) in [5.74, 6) is -0.352. The van der Waals surface area contributed by atoms with Crippen molar-refractivity contribution >= 4 is 12.0 Å². The van der Waals surface area contributed by atoms with E-state index < -0.39 is 12.0 Å². The van der Waals surface area contributed by atoms with Crippen LogP contribution in [0.4, 0.5) is 4.79 Å². The predicted octanol–water partition coefficient (Wildman–Crippen LogP) is 2.66. The van der Waals surface area contributed by atoms with Crippen LogP contribution in [0.25, 0.3) is 0 Å². The van der Waals surface area contributed by atoms with Gasteiger partial charge in [0.2, 0.25) is 0 Å². The number of nitrogens with zero attached hydrogens (tertiary/aromatic N) is 2. The first-order chi connectivity index (χ1) is 9.71. The van der Waals surface area contributed by atoms with Crippen LogP contribution in [0.1, 0.15) is 47.0 Å². The average Bonchev–Trinajstić information content (AvgIpc) is 2.86. The molecule has 21 heavy (non-hydrogen) atoms. The van der Waals surface area contributed by atoms with Gasteiger partial charge in [-0.1, -0.05) is 27.7 Å². The molecule has 2 aliphatic heterocycles. The lowest BCUT2D eigenvalue weighted by Gasteiger charge is -2.39. The molecule has 2 amide bonds. The minimum atomic E-state index is -0.873. The molecular formula is C16H28N2O3. The van der Waals surface area contributed by atoms with E-state index in [1.807, 2.05) is 11.8 Å². The third-order valence-electron chi connectivity index (χ3n) is 5.12. The van der Waals surface area contributed by atoms with Crippen LogP contribution < -0.4 is 0 Å². The first kappa shape index (κ1) is 16.1. The Balaban J connectivity index is 2.07. The second kappa shape index (κ2) is 5.85. The zero-order valence-electron chi connectivity index (χ0n) is 13.6. The highest BCUT2D eigenvalue weighted by Crippen LogP contribution is 2.34. The first-order valence-electron chi connectivity index (χ1n) is 8.00. The van der Waals surface area contributed by atoms with E-state index in [0.29, 0.717) is 12.5 Å². The fourth-order valence-corrected chi connectivity index (χ4v) is 3.60. The summed E-state index contributed by atoms with van der Waals surface area (Å²) in [7, 11) is 0. The number of rotatable bonds is 1.